The Balaban J connectivity index is 6.84. The third kappa shape index (κ3) is 3.79. The van der Waals surface area contributed by atoms with Crippen LogP contribution < -0.4 is 0 Å². The summed E-state index contributed by atoms with van der Waals surface area (Å²) in [7, 11) is -8.43. The molecule has 0 spiro atoms. The monoisotopic (exact) mass is 554 g/mol. The molecule has 188 valence electrons. The Morgan fingerprint density at radius 1 is 0.613 bits per heavy atom. The molecular formula is C10H11F17OSi3. The van der Waals surface area contributed by atoms with E-state index in [1.54, 1.807) is 0 Å². The zero-order valence-electron chi connectivity index (χ0n) is 14.7. The zero-order chi connectivity index (χ0) is 25.9. The van der Waals surface area contributed by atoms with Crippen molar-refractivity contribution in [3.63, 3.8) is 0 Å². The van der Waals surface area contributed by atoms with E-state index < -0.39 is 87.0 Å². The Labute approximate surface area is 167 Å². The highest BCUT2D eigenvalue weighted by atomic mass is 29.5. The van der Waals surface area contributed by atoms with Gasteiger partial charge in [-0.05, 0) is 16.7 Å². The molecule has 0 aliphatic heterocycles. The highest BCUT2D eigenvalue weighted by Gasteiger charge is 2.95. The van der Waals surface area contributed by atoms with Crippen molar-refractivity contribution in [1.82, 2.24) is 0 Å². The first-order valence-electron chi connectivity index (χ1n) is 7.52. The summed E-state index contributed by atoms with van der Waals surface area (Å²) in [6.07, 6.45) is -4.48. The molecule has 0 saturated carbocycles. The van der Waals surface area contributed by atoms with E-state index in [1.807, 2.05) is 0 Å². The summed E-state index contributed by atoms with van der Waals surface area (Å²) in [5.74, 6) is -56.3. The first-order chi connectivity index (χ1) is 13.2. The average Bonchev–Trinajstić information content (AvgIpc) is 2.59. The van der Waals surface area contributed by atoms with Gasteiger partial charge in [-0.1, -0.05) is 0 Å². The van der Waals surface area contributed by atoms with Crippen molar-refractivity contribution in [2.45, 2.75) is 60.1 Å². The Bertz CT molecular complexity index is 648. The summed E-state index contributed by atoms with van der Waals surface area (Å²) in [5.41, 5.74) is -6.50. The SMILES string of the molecule is CC(F)C(F)(F)C(F)(F)C(F)(F)C(F)(F)C(F)(F)C(F)(F)C(F)(F)C(F)(F)[SiH](O)[SiH2][SiH3]. The molecule has 31 heavy (non-hydrogen) atoms. The van der Waals surface area contributed by atoms with Crippen molar-refractivity contribution in [2.24, 2.45) is 0 Å². The van der Waals surface area contributed by atoms with Crippen LogP contribution in [0.4, 0.5) is 74.6 Å². The van der Waals surface area contributed by atoms with Crippen LogP contribution >= 0.6 is 0 Å². The van der Waals surface area contributed by atoms with Gasteiger partial charge in [-0.2, -0.15) is 61.5 Å². The standard InChI is InChI=1S/C10H11F17OSi3/c1-2(11)3(12,13)4(14,15)5(16,17)6(18,19)7(20,21)8(22,23)9(24,25)10(26,27)31(28)30-29/h2,28,31H,30H2,1,29H3. The number of hydrogen-bond acceptors (Lipinski definition) is 1. The van der Waals surface area contributed by atoms with E-state index in [1.165, 1.54) is 0 Å². The molecule has 0 amide bonds. The molecule has 1 nitrogen and oxygen atoms in total. The average molecular weight is 554 g/mol. The fourth-order valence-corrected chi connectivity index (χ4v) is 9.96. The number of hydrogen-bond donors (Lipinski definition) is 1. The highest BCUT2D eigenvalue weighted by molar-refractivity contribution is 7.29. The lowest BCUT2D eigenvalue weighted by Gasteiger charge is -2.44. The maximum atomic E-state index is 13.5. The van der Waals surface area contributed by atoms with Gasteiger partial charge >= 0.3 is 47.0 Å². The molecule has 21 heteroatoms. The maximum absolute atomic E-state index is 13.5. The third-order valence-corrected chi connectivity index (χ3v) is 16.9. The first kappa shape index (κ1) is 30.4. The van der Waals surface area contributed by atoms with Crippen molar-refractivity contribution < 1.29 is 79.4 Å². The number of rotatable bonds is 10. The summed E-state index contributed by atoms with van der Waals surface area (Å²) in [6.45, 7) is -0.645. The van der Waals surface area contributed by atoms with E-state index in [9.17, 15) is 74.6 Å². The van der Waals surface area contributed by atoms with E-state index in [0.717, 1.165) is 0 Å². The summed E-state index contributed by atoms with van der Waals surface area (Å²) in [6, 6.07) is 0. The van der Waals surface area contributed by atoms with E-state index >= 15 is 0 Å². The van der Waals surface area contributed by atoms with Crippen molar-refractivity contribution in [3.8, 4) is 0 Å². The lowest BCUT2D eigenvalue weighted by atomic mass is 9.88. The Morgan fingerprint density at radius 2 is 0.871 bits per heavy atom. The van der Waals surface area contributed by atoms with Gasteiger partial charge in [-0.15, -0.1) is 0 Å². The van der Waals surface area contributed by atoms with Crippen LogP contribution in [0.25, 0.3) is 0 Å². The highest BCUT2D eigenvalue weighted by Crippen LogP contribution is 2.64. The maximum Gasteiger partial charge on any atom is 0.385 e. The lowest BCUT2D eigenvalue weighted by Crippen LogP contribution is -2.76. The summed E-state index contributed by atoms with van der Waals surface area (Å²) in [4.78, 5) is 8.84. The quantitative estimate of drug-likeness (QED) is 0.326. The Morgan fingerprint density at radius 3 is 1.13 bits per heavy atom. The Kier molecular flexibility index (Phi) is 7.87. The van der Waals surface area contributed by atoms with Gasteiger partial charge in [0.1, 0.15) is 0 Å². The minimum atomic E-state index is -8.56. The lowest BCUT2D eigenvalue weighted by molar-refractivity contribution is -0.451. The van der Waals surface area contributed by atoms with Gasteiger partial charge in [0, 0.05) is 8.55 Å². The van der Waals surface area contributed by atoms with Crippen LogP contribution in [0, 0.1) is 0 Å². The molecule has 0 radical (unpaired) electrons. The van der Waals surface area contributed by atoms with E-state index in [-0.39, 0.29) is 0 Å². The normalized spacial score (nSPS) is 18.7. The van der Waals surface area contributed by atoms with E-state index in [4.69, 9.17) is 4.80 Å². The molecule has 0 aromatic rings. The number of alkyl halides is 17. The molecule has 0 fully saturated rings. The first-order valence-corrected chi connectivity index (χ1v) is 17.5. The van der Waals surface area contributed by atoms with Crippen molar-refractivity contribution in [2.75, 3.05) is 0 Å². The summed E-state index contributed by atoms with van der Waals surface area (Å²) in [5, 5.41) is 0. The number of halogens is 17. The van der Waals surface area contributed by atoms with Gasteiger partial charge in [-0.3, -0.25) is 0 Å². The molecule has 2 atom stereocenters. The molecule has 0 rings (SSSR count). The largest absolute Gasteiger partial charge is 0.431 e. The third-order valence-electron chi connectivity index (χ3n) is 4.11. The second-order valence-electron chi connectivity index (χ2n) is 6.23. The van der Waals surface area contributed by atoms with Gasteiger partial charge in [0.05, 0.1) is 0 Å². The molecule has 2 unspecified atom stereocenters. The summed E-state index contributed by atoms with van der Waals surface area (Å²) >= 11 is 0. The molecule has 1 N–H and O–H groups in total. The smallest absolute Gasteiger partial charge is 0.385 e. The molecule has 0 aliphatic carbocycles. The minimum absolute atomic E-state index is 0.498. The molecule has 0 bridgehead atoms. The van der Waals surface area contributed by atoms with E-state index in [0.29, 0.717) is 0 Å². The zero-order valence-corrected chi connectivity index (χ0v) is 19.3. The van der Waals surface area contributed by atoms with Gasteiger partial charge in [0.15, 0.2) is 6.17 Å². The Hall–Kier alpha value is -0.579. The molecule has 0 saturated heterocycles. The van der Waals surface area contributed by atoms with Crippen molar-refractivity contribution >= 4 is 26.9 Å². The predicted molar refractivity (Wildman–Crippen MR) is 78.0 cm³/mol. The molecular weight excluding hydrogens is 543 g/mol. The van der Waals surface area contributed by atoms with Gasteiger partial charge < -0.3 is 4.80 Å². The summed E-state index contributed by atoms with van der Waals surface area (Å²) < 4.78 is 226. The van der Waals surface area contributed by atoms with Crippen LogP contribution in [0.5, 0.6) is 0 Å². The molecule has 0 aromatic carbocycles. The topological polar surface area (TPSA) is 20.2 Å². The van der Waals surface area contributed by atoms with Crippen LogP contribution in [0.1, 0.15) is 6.92 Å². The van der Waals surface area contributed by atoms with E-state index in [2.05, 4.69) is 0 Å². The second-order valence-corrected chi connectivity index (χ2v) is 20.9. The predicted octanol–water partition coefficient (Wildman–Crippen LogP) is 2.63. The van der Waals surface area contributed by atoms with Crippen molar-refractivity contribution in [3.05, 3.63) is 0 Å². The van der Waals surface area contributed by atoms with Gasteiger partial charge in [0.2, 0.25) is 8.56 Å². The van der Waals surface area contributed by atoms with Crippen LogP contribution in [0.3, 0.4) is 0 Å². The van der Waals surface area contributed by atoms with Crippen LogP contribution in [-0.4, -0.2) is 84.8 Å². The van der Waals surface area contributed by atoms with Crippen LogP contribution in [0.2, 0.25) is 0 Å². The second kappa shape index (κ2) is 8.02. The molecule has 0 heterocycles. The van der Waals surface area contributed by atoms with Gasteiger partial charge in [-0.25, -0.2) is 13.2 Å². The fourth-order valence-electron chi connectivity index (χ4n) is 1.92. The minimum Gasteiger partial charge on any atom is -0.431 e. The molecule has 0 aromatic heterocycles. The van der Waals surface area contributed by atoms with Crippen molar-refractivity contribution in [1.29, 1.82) is 0 Å². The van der Waals surface area contributed by atoms with Gasteiger partial charge in [0.25, 0.3) is 0 Å². The molecule has 0 aliphatic rings. The van der Waals surface area contributed by atoms with Crippen LogP contribution in [-0.2, 0) is 0 Å². The fraction of sp³-hybridized carbons (Fsp3) is 1.00. The van der Waals surface area contributed by atoms with Crippen LogP contribution in [0.15, 0.2) is 0 Å².